The lowest BCUT2D eigenvalue weighted by atomic mass is 9.96. The van der Waals surface area contributed by atoms with E-state index in [1.807, 2.05) is 0 Å². The third-order valence-electron chi connectivity index (χ3n) is 6.32. The Balaban J connectivity index is 1.28. The van der Waals surface area contributed by atoms with E-state index in [9.17, 15) is 4.79 Å². The van der Waals surface area contributed by atoms with Crippen LogP contribution < -0.4 is 10.1 Å². The van der Waals surface area contributed by atoms with Gasteiger partial charge in [0.15, 0.2) is 0 Å². The van der Waals surface area contributed by atoms with Crippen molar-refractivity contribution in [2.75, 3.05) is 33.4 Å². The maximum atomic E-state index is 12.6. The lowest BCUT2D eigenvalue weighted by Gasteiger charge is -2.31. The van der Waals surface area contributed by atoms with Gasteiger partial charge < -0.3 is 14.8 Å². The molecule has 1 N–H and O–H groups in total. The van der Waals surface area contributed by atoms with Crippen molar-refractivity contribution in [2.45, 2.75) is 45.9 Å². The molecular formula is C23H31ClN4O3. The van der Waals surface area contributed by atoms with Gasteiger partial charge in [-0.15, -0.1) is 0 Å². The number of benzene rings is 1. The fourth-order valence-corrected chi connectivity index (χ4v) is 4.67. The highest BCUT2D eigenvalue weighted by molar-refractivity contribution is 6.30. The molecule has 1 aromatic carbocycles. The molecule has 0 unspecified atom stereocenters. The first-order valence-corrected chi connectivity index (χ1v) is 11.5. The molecule has 0 radical (unpaired) electrons. The van der Waals surface area contributed by atoms with E-state index in [2.05, 4.69) is 21.8 Å². The van der Waals surface area contributed by atoms with Crippen LogP contribution in [-0.4, -0.2) is 53.9 Å². The summed E-state index contributed by atoms with van der Waals surface area (Å²) in [5.41, 5.74) is 4.32. The van der Waals surface area contributed by atoms with Gasteiger partial charge in [0, 0.05) is 42.3 Å². The Bertz CT molecular complexity index is 922. The highest BCUT2D eigenvalue weighted by Crippen LogP contribution is 2.25. The summed E-state index contributed by atoms with van der Waals surface area (Å²) in [4.78, 5) is 15.1. The standard InChI is InChI=1S/C23H31ClN4O3/c1-3-28-21-8-11-31-15-19(21)20(26-28)14-27-9-6-16(7-10-27)13-25-23(29)18-5-4-17(24)12-22(18)30-2/h4-5,12,16H,3,6-11,13-15H2,1-2H3,(H,25,29). The number of hydrogen-bond acceptors (Lipinski definition) is 5. The summed E-state index contributed by atoms with van der Waals surface area (Å²) in [6, 6.07) is 5.08. The molecule has 1 fully saturated rings. The van der Waals surface area contributed by atoms with E-state index < -0.39 is 0 Å². The van der Waals surface area contributed by atoms with Gasteiger partial charge in [-0.05, 0) is 57.0 Å². The van der Waals surface area contributed by atoms with E-state index in [0.717, 1.165) is 57.7 Å². The number of rotatable bonds is 7. The minimum atomic E-state index is -0.118. The lowest BCUT2D eigenvalue weighted by molar-refractivity contribution is 0.0931. The molecule has 0 spiro atoms. The molecule has 2 aliphatic heterocycles. The van der Waals surface area contributed by atoms with Crippen LogP contribution in [-0.2, 0) is 30.9 Å². The second-order valence-corrected chi connectivity index (χ2v) is 8.70. The quantitative estimate of drug-likeness (QED) is 0.706. The summed E-state index contributed by atoms with van der Waals surface area (Å²) in [5.74, 6) is 0.857. The first-order chi connectivity index (χ1) is 15.1. The van der Waals surface area contributed by atoms with Gasteiger partial charge in [0.25, 0.3) is 5.91 Å². The van der Waals surface area contributed by atoms with Gasteiger partial charge in [0.2, 0.25) is 0 Å². The number of piperidine rings is 1. The average molecular weight is 447 g/mol. The fourth-order valence-electron chi connectivity index (χ4n) is 4.51. The molecule has 168 valence electrons. The van der Waals surface area contributed by atoms with Crippen LogP contribution in [0.4, 0.5) is 0 Å². The third-order valence-corrected chi connectivity index (χ3v) is 6.55. The van der Waals surface area contributed by atoms with Crippen molar-refractivity contribution in [1.29, 1.82) is 0 Å². The molecule has 1 saturated heterocycles. The van der Waals surface area contributed by atoms with Crippen LogP contribution in [0, 0.1) is 5.92 Å². The summed E-state index contributed by atoms with van der Waals surface area (Å²) in [7, 11) is 1.55. The Morgan fingerprint density at radius 2 is 2.16 bits per heavy atom. The number of aryl methyl sites for hydroxylation is 1. The van der Waals surface area contributed by atoms with Crippen molar-refractivity contribution >= 4 is 17.5 Å². The number of carbonyl (C=O) groups excluding carboxylic acids is 1. The number of hydrogen-bond donors (Lipinski definition) is 1. The summed E-state index contributed by atoms with van der Waals surface area (Å²) in [5, 5.41) is 8.48. The SMILES string of the molecule is CCn1nc(CN2CCC(CNC(=O)c3ccc(Cl)cc3OC)CC2)c2c1CCOC2. The van der Waals surface area contributed by atoms with Crippen molar-refractivity contribution < 1.29 is 14.3 Å². The third kappa shape index (κ3) is 5.05. The molecule has 3 heterocycles. The Kier molecular flexibility index (Phi) is 7.15. The minimum absolute atomic E-state index is 0.118. The fraction of sp³-hybridized carbons (Fsp3) is 0.565. The monoisotopic (exact) mass is 446 g/mol. The normalized spacial score (nSPS) is 17.4. The number of nitrogens with zero attached hydrogens (tertiary/aromatic N) is 3. The van der Waals surface area contributed by atoms with Gasteiger partial charge in [-0.3, -0.25) is 14.4 Å². The maximum absolute atomic E-state index is 12.6. The molecule has 2 aromatic rings. The lowest BCUT2D eigenvalue weighted by Crippen LogP contribution is -2.38. The predicted octanol–water partition coefficient (Wildman–Crippen LogP) is 3.28. The number of fused-ring (bicyclic) bond motifs is 1. The van der Waals surface area contributed by atoms with Crippen LogP contribution in [0.3, 0.4) is 0 Å². The second kappa shape index (κ2) is 10.0. The molecule has 0 saturated carbocycles. The van der Waals surface area contributed by atoms with E-state index in [1.165, 1.54) is 11.3 Å². The number of halogens is 1. The molecule has 0 bridgehead atoms. The number of aromatic nitrogens is 2. The highest BCUT2D eigenvalue weighted by Gasteiger charge is 2.25. The Morgan fingerprint density at radius 1 is 1.35 bits per heavy atom. The average Bonchev–Trinajstić information content (AvgIpc) is 3.16. The zero-order valence-corrected chi connectivity index (χ0v) is 19.1. The summed E-state index contributed by atoms with van der Waals surface area (Å²) >= 11 is 5.99. The van der Waals surface area contributed by atoms with Crippen LogP contribution in [0.15, 0.2) is 18.2 Å². The molecular weight excluding hydrogens is 416 g/mol. The number of carbonyl (C=O) groups is 1. The number of likely N-dealkylation sites (tertiary alicyclic amines) is 1. The van der Waals surface area contributed by atoms with E-state index in [4.69, 9.17) is 26.2 Å². The molecule has 1 aromatic heterocycles. The predicted molar refractivity (Wildman–Crippen MR) is 120 cm³/mol. The van der Waals surface area contributed by atoms with E-state index in [0.29, 0.717) is 35.4 Å². The highest BCUT2D eigenvalue weighted by atomic mass is 35.5. The van der Waals surface area contributed by atoms with Crippen LogP contribution >= 0.6 is 11.6 Å². The topological polar surface area (TPSA) is 68.6 Å². The van der Waals surface area contributed by atoms with Crippen LogP contribution in [0.5, 0.6) is 5.75 Å². The first kappa shape index (κ1) is 22.1. The second-order valence-electron chi connectivity index (χ2n) is 8.26. The van der Waals surface area contributed by atoms with Gasteiger partial charge in [-0.1, -0.05) is 11.6 Å². The van der Waals surface area contributed by atoms with Gasteiger partial charge in [0.1, 0.15) is 5.75 Å². The summed E-state index contributed by atoms with van der Waals surface area (Å²) < 4.78 is 13.1. The van der Waals surface area contributed by atoms with E-state index in [1.54, 1.807) is 25.3 Å². The summed E-state index contributed by atoms with van der Waals surface area (Å²) in [6.45, 7) is 8.09. The zero-order chi connectivity index (χ0) is 21.8. The Hall–Kier alpha value is -2.09. The molecule has 0 atom stereocenters. The van der Waals surface area contributed by atoms with Crippen LogP contribution in [0.25, 0.3) is 0 Å². The van der Waals surface area contributed by atoms with Crippen molar-refractivity contribution in [2.24, 2.45) is 5.92 Å². The molecule has 1 amide bonds. The molecule has 2 aliphatic rings. The number of nitrogens with one attached hydrogen (secondary N) is 1. The molecule has 7 nitrogen and oxygen atoms in total. The number of methoxy groups -OCH3 is 1. The smallest absolute Gasteiger partial charge is 0.255 e. The molecule has 0 aliphatic carbocycles. The van der Waals surface area contributed by atoms with Crippen molar-refractivity contribution in [1.82, 2.24) is 20.0 Å². The zero-order valence-electron chi connectivity index (χ0n) is 18.3. The van der Waals surface area contributed by atoms with Gasteiger partial charge in [-0.2, -0.15) is 5.10 Å². The number of ether oxygens (including phenoxy) is 2. The van der Waals surface area contributed by atoms with Crippen molar-refractivity contribution in [3.05, 3.63) is 45.7 Å². The van der Waals surface area contributed by atoms with Crippen molar-refractivity contribution in [3.63, 3.8) is 0 Å². The molecule has 8 heteroatoms. The van der Waals surface area contributed by atoms with Gasteiger partial charge in [0.05, 0.1) is 31.6 Å². The van der Waals surface area contributed by atoms with E-state index in [-0.39, 0.29) is 5.91 Å². The van der Waals surface area contributed by atoms with Crippen LogP contribution in [0.1, 0.15) is 47.1 Å². The Labute approximate surface area is 188 Å². The minimum Gasteiger partial charge on any atom is -0.496 e. The van der Waals surface area contributed by atoms with Crippen molar-refractivity contribution in [3.8, 4) is 5.75 Å². The maximum Gasteiger partial charge on any atom is 0.255 e. The molecule has 31 heavy (non-hydrogen) atoms. The van der Waals surface area contributed by atoms with Gasteiger partial charge in [-0.25, -0.2) is 0 Å². The molecule has 4 rings (SSSR count). The first-order valence-electron chi connectivity index (χ1n) is 11.1. The van der Waals surface area contributed by atoms with Gasteiger partial charge >= 0.3 is 0 Å². The van der Waals surface area contributed by atoms with Crippen LogP contribution in [0.2, 0.25) is 5.02 Å². The Morgan fingerprint density at radius 3 is 2.90 bits per heavy atom. The largest absolute Gasteiger partial charge is 0.496 e. The van der Waals surface area contributed by atoms with E-state index >= 15 is 0 Å². The number of amides is 1. The summed E-state index contributed by atoms with van der Waals surface area (Å²) in [6.07, 6.45) is 3.08.